The molecule has 18 heavy (non-hydrogen) atoms. The summed E-state index contributed by atoms with van der Waals surface area (Å²) in [5.41, 5.74) is 0.0503. The van der Waals surface area contributed by atoms with Crippen LogP contribution in [0, 0.1) is 0 Å². The molecule has 0 radical (unpaired) electrons. The summed E-state index contributed by atoms with van der Waals surface area (Å²) in [5.74, 6) is 0. The molecule has 0 unspecified atom stereocenters. The van der Waals surface area contributed by atoms with Crippen LogP contribution in [0.5, 0.6) is 0 Å². The van der Waals surface area contributed by atoms with Gasteiger partial charge in [0.2, 0.25) is 0 Å². The maximum atomic E-state index is 10.8. The molecule has 2 rings (SSSR count). The van der Waals surface area contributed by atoms with Gasteiger partial charge in [-0.2, -0.15) is 0 Å². The summed E-state index contributed by atoms with van der Waals surface area (Å²) in [6.07, 6.45) is 0. The molecular weight excluding hydrogens is 251 g/mol. The summed E-state index contributed by atoms with van der Waals surface area (Å²) in [7, 11) is -2.99. The minimum atomic E-state index is -2.54. The van der Waals surface area contributed by atoms with E-state index in [1.54, 1.807) is 24.3 Å². The van der Waals surface area contributed by atoms with Crippen molar-refractivity contribution in [1.82, 2.24) is 0 Å². The van der Waals surface area contributed by atoms with Gasteiger partial charge in [-0.3, -0.25) is 0 Å². The molecule has 0 aromatic heterocycles. The molecule has 6 heteroatoms. The standard InChI is InChI=1S/C12H17BO4S/c1-11(2)12(3,4)17-13(16-11)9-5-7-10(8-6-9)18(14)15/h5-8,18H,1-4H3. The first kappa shape index (κ1) is 13.6. The van der Waals surface area contributed by atoms with Gasteiger partial charge in [-0.05, 0) is 45.3 Å². The molecule has 0 bridgehead atoms. The highest BCUT2D eigenvalue weighted by Crippen LogP contribution is 2.36. The lowest BCUT2D eigenvalue weighted by atomic mass is 9.79. The first-order valence-corrected chi connectivity index (χ1v) is 7.01. The molecule has 4 nitrogen and oxygen atoms in total. The second kappa shape index (κ2) is 4.37. The van der Waals surface area contributed by atoms with Crippen molar-refractivity contribution < 1.29 is 17.7 Å². The van der Waals surface area contributed by atoms with Gasteiger partial charge in [0.15, 0.2) is 10.7 Å². The summed E-state index contributed by atoms with van der Waals surface area (Å²) >= 11 is 0. The van der Waals surface area contributed by atoms with E-state index in [4.69, 9.17) is 9.31 Å². The number of hydrogen-bond acceptors (Lipinski definition) is 4. The maximum absolute atomic E-state index is 10.8. The molecule has 0 N–H and O–H groups in total. The van der Waals surface area contributed by atoms with Crippen molar-refractivity contribution >= 4 is 23.3 Å². The van der Waals surface area contributed by atoms with E-state index < -0.39 is 17.8 Å². The largest absolute Gasteiger partial charge is 0.494 e. The van der Waals surface area contributed by atoms with E-state index >= 15 is 0 Å². The summed E-state index contributed by atoms with van der Waals surface area (Å²) in [6, 6.07) is 6.57. The Kier molecular flexibility index (Phi) is 3.29. The predicted molar refractivity (Wildman–Crippen MR) is 70.7 cm³/mol. The van der Waals surface area contributed by atoms with Gasteiger partial charge in [-0.15, -0.1) is 0 Å². The summed E-state index contributed by atoms with van der Waals surface area (Å²) < 4.78 is 33.4. The lowest BCUT2D eigenvalue weighted by Crippen LogP contribution is -2.41. The Morgan fingerprint density at radius 1 is 0.944 bits per heavy atom. The molecule has 1 aromatic carbocycles. The molecule has 98 valence electrons. The maximum Gasteiger partial charge on any atom is 0.494 e. The van der Waals surface area contributed by atoms with E-state index in [0.29, 0.717) is 4.90 Å². The predicted octanol–water partition coefficient (Wildman–Crippen LogP) is 0.956. The molecule has 1 aliphatic heterocycles. The fraction of sp³-hybridized carbons (Fsp3) is 0.500. The van der Waals surface area contributed by atoms with Crippen LogP contribution in [0.2, 0.25) is 0 Å². The van der Waals surface area contributed by atoms with Crippen molar-refractivity contribution in [3.63, 3.8) is 0 Å². The quantitative estimate of drug-likeness (QED) is 0.641. The van der Waals surface area contributed by atoms with Gasteiger partial charge >= 0.3 is 7.12 Å². The van der Waals surface area contributed by atoms with Gasteiger partial charge in [-0.1, -0.05) is 12.1 Å². The van der Waals surface area contributed by atoms with E-state index in [0.717, 1.165) is 5.46 Å². The van der Waals surface area contributed by atoms with Crippen molar-refractivity contribution in [3.8, 4) is 0 Å². The second-order valence-corrected chi connectivity index (χ2v) is 6.47. The van der Waals surface area contributed by atoms with Crippen molar-refractivity contribution in [2.75, 3.05) is 0 Å². The molecule has 0 spiro atoms. The van der Waals surface area contributed by atoms with Crippen LogP contribution in [-0.2, 0) is 20.0 Å². The van der Waals surface area contributed by atoms with E-state index in [9.17, 15) is 8.42 Å². The molecule has 1 heterocycles. The fourth-order valence-corrected chi connectivity index (χ4v) is 2.12. The lowest BCUT2D eigenvalue weighted by Gasteiger charge is -2.32. The van der Waals surface area contributed by atoms with Crippen LogP contribution in [0.15, 0.2) is 29.2 Å². The zero-order valence-corrected chi connectivity index (χ0v) is 11.9. The Labute approximate surface area is 109 Å². The first-order valence-electron chi connectivity index (χ1n) is 5.83. The van der Waals surface area contributed by atoms with Crippen LogP contribution in [0.25, 0.3) is 0 Å². The Morgan fingerprint density at radius 2 is 1.39 bits per heavy atom. The van der Waals surface area contributed by atoms with Gasteiger partial charge in [-0.25, -0.2) is 8.42 Å². The zero-order chi connectivity index (χ0) is 13.6. The number of rotatable bonds is 2. The van der Waals surface area contributed by atoms with Crippen molar-refractivity contribution in [1.29, 1.82) is 0 Å². The van der Waals surface area contributed by atoms with Gasteiger partial charge < -0.3 is 9.31 Å². The molecule has 1 aliphatic rings. The van der Waals surface area contributed by atoms with Crippen molar-refractivity contribution in [2.24, 2.45) is 0 Å². The van der Waals surface area contributed by atoms with Crippen LogP contribution >= 0.6 is 0 Å². The van der Waals surface area contributed by atoms with Crippen molar-refractivity contribution in [2.45, 2.75) is 43.8 Å². The van der Waals surface area contributed by atoms with E-state index in [-0.39, 0.29) is 11.2 Å². The normalized spacial score (nSPS) is 21.5. The molecule has 1 saturated heterocycles. The third-order valence-corrected chi connectivity index (χ3v) is 4.35. The van der Waals surface area contributed by atoms with Gasteiger partial charge in [0, 0.05) is 0 Å². The molecule has 0 saturated carbocycles. The third kappa shape index (κ3) is 2.32. The van der Waals surface area contributed by atoms with Crippen LogP contribution in [0.3, 0.4) is 0 Å². The minimum absolute atomic E-state index is 0.297. The number of benzene rings is 1. The van der Waals surface area contributed by atoms with Crippen LogP contribution < -0.4 is 5.46 Å². The van der Waals surface area contributed by atoms with E-state index in [1.165, 1.54) is 0 Å². The minimum Gasteiger partial charge on any atom is -0.399 e. The third-order valence-electron chi connectivity index (χ3n) is 3.63. The Balaban J connectivity index is 2.25. The topological polar surface area (TPSA) is 52.6 Å². The van der Waals surface area contributed by atoms with Crippen LogP contribution in [0.4, 0.5) is 0 Å². The SMILES string of the molecule is CC1(C)OB(c2ccc([SH](=O)=O)cc2)OC1(C)C. The summed E-state index contributed by atoms with van der Waals surface area (Å²) in [4.78, 5) is 0.297. The lowest BCUT2D eigenvalue weighted by molar-refractivity contribution is 0.00578. The second-order valence-electron chi connectivity index (χ2n) is 5.44. The van der Waals surface area contributed by atoms with Gasteiger partial charge in [0.1, 0.15) is 0 Å². The highest BCUT2D eigenvalue weighted by molar-refractivity contribution is 7.72. The number of hydrogen-bond donors (Lipinski definition) is 1. The number of thiol groups is 1. The molecule has 0 amide bonds. The van der Waals surface area contributed by atoms with E-state index in [2.05, 4.69) is 0 Å². The summed E-state index contributed by atoms with van der Waals surface area (Å²) in [6.45, 7) is 7.93. The fourth-order valence-electron chi connectivity index (χ4n) is 1.73. The van der Waals surface area contributed by atoms with Gasteiger partial charge in [0.25, 0.3) is 0 Å². The Morgan fingerprint density at radius 3 is 1.78 bits per heavy atom. The van der Waals surface area contributed by atoms with Crippen LogP contribution in [-0.4, -0.2) is 26.7 Å². The average molecular weight is 268 g/mol. The average Bonchev–Trinajstić information content (AvgIpc) is 2.48. The monoisotopic (exact) mass is 268 g/mol. The smallest absolute Gasteiger partial charge is 0.399 e. The Hall–Kier alpha value is -0.845. The molecule has 0 aliphatic carbocycles. The zero-order valence-electron chi connectivity index (χ0n) is 11.0. The highest BCUT2D eigenvalue weighted by atomic mass is 32.2. The van der Waals surface area contributed by atoms with Crippen LogP contribution in [0.1, 0.15) is 27.7 Å². The highest BCUT2D eigenvalue weighted by Gasteiger charge is 2.51. The van der Waals surface area contributed by atoms with E-state index in [1.807, 2.05) is 27.7 Å². The molecule has 0 atom stereocenters. The molecular formula is C12H17BO4S. The summed E-state index contributed by atoms with van der Waals surface area (Å²) in [5, 5.41) is 0. The Bertz CT molecular complexity index is 495. The van der Waals surface area contributed by atoms with Crippen molar-refractivity contribution in [3.05, 3.63) is 24.3 Å². The first-order chi connectivity index (χ1) is 8.23. The molecule has 1 fully saturated rings. The molecule has 1 aromatic rings. The van der Waals surface area contributed by atoms with Gasteiger partial charge in [0.05, 0.1) is 16.1 Å².